The first-order valence-electron chi connectivity index (χ1n) is 8.30. The van der Waals surface area contributed by atoms with E-state index in [0.29, 0.717) is 29.0 Å². The van der Waals surface area contributed by atoms with Gasteiger partial charge in [-0.05, 0) is 42.8 Å². The Morgan fingerprint density at radius 1 is 1.04 bits per heavy atom. The molecular formula is C19H18N4O3S. The van der Waals surface area contributed by atoms with Crippen LogP contribution in [0.1, 0.15) is 11.5 Å². The number of rotatable bonds is 6. The van der Waals surface area contributed by atoms with Crippen LogP contribution in [0.15, 0.2) is 46.1 Å². The van der Waals surface area contributed by atoms with E-state index in [1.165, 1.54) is 17.3 Å². The van der Waals surface area contributed by atoms with E-state index in [1.54, 1.807) is 14.2 Å². The average Bonchev–Trinajstić information content (AvgIpc) is 3.32. The highest BCUT2D eigenvalue weighted by Gasteiger charge is 2.13. The quantitative estimate of drug-likeness (QED) is 0.499. The summed E-state index contributed by atoms with van der Waals surface area (Å²) in [6.07, 6.45) is 0. The molecule has 0 radical (unpaired) electrons. The van der Waals surface area contributed by atoms with Gasteiger partial charge in [0.05, 0.1) is 31.0 Å². The van der Waals surface area contributed by atoms with E-state index >= 15 is 0 Å². The molecule has 2 heterocycles. The predicted molar refractivity (Wildman–Crippen MR) is 103 cm³/mol. The third-order valence-corrected chi connectivity index (χ3v) is 4.92. The summed E-state index contributed by atoms with van der Waals surface area (Å²) in [5, 5.41) is 4.88. The third-order valence-electron chi connectivity index (χ3n) is 4.06. The molecule has 2 aromatic heterocycles. The number of nitrogens with zero attached hydrogens (tertiary/aromatic N) is 3. The fourth-order valence-corrected chi connectivity index (χ4v) is 3.43. The van der Waals surface area contributed by atoms with Crippen molar-refractivity contribution in [3.63, 3.8) is 0 Å². The van der Waals surface area contributed by atoms with E-state index < -0.39 is 0 Å². The number of aryl methyl sites for hydroxylation is 1. The summed E-state index contributed by atoms with van der Waals surface area (Å²) in [7, 11) is 3.19. The zero-order valence-electron chi connectivity index (χ0n) is 15.1. The van der Waals surface area contributed by atoms with E-state index in [-0.39, 0.29) is 0 Å². The third kappa shape index (κ3) is 3.61. The van der Waals surface area contributed by atoms with Gasteiger partial charge in [-0.3, -0.25) is 0 Å². The maximum atomic E-state index is 5.37. The minimum absolute atomic E-state index is 0.506. The Labute approximate surface area is 160 Å². The Morgan fingerprint density at radius 2 is 1.89 bits per heavy atom. The van der Waals surface area contributed by atoms with Crippen molar-refractivity contribution in [2.24, 2.45) is 0 Å². The average molecular weight is 382 g/mol. The van der Waals surface area contributed by atoms with Gasteiger partial charge in [0.15, 0.2) is 16.7 Å². The summed E-state index contributed by atoms with van der Waals surface area (Å²) < 4.78 is 15.9. The molecule has 27 heavy (non-hydrogen) atoms. The summed E-state index contributed by atoms with van der Waals surface area (Å²) in [6, 6.07) is 11.6. The minimum Gasteiger partial charge on any atom is -0.493 e. The van der Waals surface area contributed by atoms with Crippen molar-refractivity contribution in [2.75, 3.05) is 14.2 Å². The molecule has 7 nitrogen and oxygen atoms in total. The molecule has 138 valence electrons. The highest BCUT2D eigenvalue weighted by Crippen LogP contribution is 2.31. The molecule has 0 bridgehead atoms. The fraction of sp³-hybridized carbons (Fsp3) is 0.211. The molecule has 0 fully saturated rings. The van der Waals surface area contributed by atoms with Crippen LogP contribution >= 0.6 is 11.8 Å². The van der Waals surface area contributed by atoms with Crippen LogP contribution in [0.2, 0.25) is 0 Å². The van der Waals surface area contributed by atoms with Crippen molar-refractivity contribution in [2.45, 2.75) is 17.8 Å². The summed E-state index contributed by atoms with van der Waals surface area (Å²) >= 11 is 1.52. The van der Waals surface area contributed by atoms with Crippen LogP contribution in [-0.4, -0.2) is 34.3 Å². The molecule has 0 aliphatic rings. The van der Waals surface area contributed by atoms with Crippen LogP contribution < -0.4 is 9.47 Å². The summed E-state index contributed by atoms with van der Waals surface area (Å²) in [6.45, 7) is 2.06. The van der Waals surface area contributed by atoms with E-state index in [0.717, 1.165) is 21.8 Å². The fourth-order valence-electron chi connectivity index (χ4n) is 2.70. The number of methoxy groups -OCH3 is 2. The first-order valence-corrected chi connectivity index (χ1v) is 9.29. The highest BCUT2D eigenvalue weighted by molar-refractivity contribution is 7.98. The summed E-state index contributed by atoms with van der Waals surface area (Å²) in [4.78, 5) is 12.3. The zero-order chi connectivity index (χ0) is 18.8. The van der Waals surface area contributed by atoms with Gasteiger partial charge in [0.1, 0.15) is 0 Å². The highest BCUT2D eigenvalue weighted by atomic mass is 32.2. The van der Waals surface area contributed by atoms with Gasteiger partial charge in [0, 0.05) is 5.56 Å². The first kappa shape index (κ1) is 17.4. The van der Waals surface area contributed by atoms with Crippen molar-refractivity contribution in [3.05, 3.63) is 47.9 Å². The van der Waals surface area contributed by atoms with E-state index in [2.05, 4.69) is 33.1 Å². The lowest BCUT2D eigenvalue weighted by Crippen LogP contribution is -1.91. The van der Waals surface area contributed by atoms with Crippen molar-refractivity contribution in [1.82, 2.24) is 20.1 Å². The smallest absolute Gasteiger partial charge is 0.237 e. The number of hydrogen-bond donors (Lipinski definition) is 1. The van der Waals surface area contributed by atoms with Crippen molar-refractivity contribution in [3.8, 4) is 22.9 Å². The number of thioether (sulfide) groups is 1. The molecule has 4 rings (SSSR count). The number of aromatic nitrogens is 4. The number of H-pyrrole nitrogens is 1. The zero-order valence-corrected chi connectivity index (χ0v) is 16.0. The Morgan fingerprint density at radius 3 is 2.70 bits per heavy atom. The molecule has 0 amide bonds. The molecule has 1 N–H and O–H groups in total. The second kappa shape index (κ2) is 7.32. The summed E-state index contributed by atoms with van der Waals surface area (Å²) in [5.41, 5.74) is 3.96. The van der Waals surface area contributed by atoms with Gasteiger partial charge in [-0.1, -0.05) is 23.0 Å². The normalized spacial score (nSPS) is 11.1. The molecule has 8 heteroatoms. The summed E-state index contributed by atoms with van der Waals surface area (Å²) in [5.74, 6) is 2.83. The maximum absolute atomic E-state index is 5.37. The second-order valence-corrected chi connectivity index (χ2v) is 6.90. The number of hydrogen-bond acceptors (Lipinski definition) is 7. The first-order chi connectivity index (χ1) is 13.2. The van der Waals surface area contributed by atoms with Crippen LogP contribution in [0.4, 0.5) is 0 Å². The van der Waals surface area contributed by atoms with Crippen molar-refractivity contribution in [1.29, 1.82) is 0 Å². The number of fused-ring (bicyclic) bond motifs is 1. The molecular weight excluding hydrogens is 364 g/mol. The van der Waals surface area contributed by atoms with Crippen LogP contribution in [0.5, 0.6) is 11.5 Å². The molecule has 0 spiro atoms. The molecule has 4 aromatic rings. The predicted octanol–water partition coefficient (Wildman–Crippen LogP) is 4.23. The van der Waals surface area contributed by atoms with Gasteiger partial charge in [-0.2, -0.15) is 4.98 Å². The lowest BCUT2D eigenvalue weighted by Gasteiger charge is -2.07. The number of ether oxygens (including phenoxy) is 2. The number of imidazole rings is 1. The number of benzene rings is 2. The molecule has 0 saturated carbocycles. The molecule has 0 atom stereocenters. The lowest BCUT2D eigenvalue weighted by atomic mass is 10.2. The largest absolute Gasteiger partial charge is 0.493 e. The van der Waals surface area contributed by atoms with Gasteiger partial charge < -0.3 is 19.0 Å². The lowest BCUT2D eigenvalue weighted by molar-refractivity contribution is 0.355. The Bertz CT molecular complexity index is 1090. The molecule has 0 aliphatic heterocycles. The minimum atomic E-state index is 0.506. The molecule has 0 unspecified atom stereocenters. The maximum Gasteiger partial charge on any atom is 0.237 e. The Balaban J connectivity index is 1.49. The van der Waals surface area contributed by atoms with E-state index in [1.807, 2.05) is 30.3 Å². The van der Waals surface area contributed by atoms with Gasteiger partial charge in [-0.25, -0.2) is 4.98 Å². The van der Waals surface area contributed by atoms with Crippen molar-refractivity contribution < 1.29 is 14.0 Å². The van der Waals surface area contributed by atoms with Gasteiger partial charge in [-0.15, -0.1) is 0 Å². The monoisotopic (exact) mass is 382 g/mol. The second-order valence-electron chi connectivity index (χ2n) is 5.93. The molecule has 0 saturated heterocycles. The Hall–Kier alpha value is -3.00. The van der Waals surface area contributed by atoms with Crippen LogP contribution in [0.3, 0.4) is 0 Å². The topological polar surface area (TPSA) is 86.1 Å². The van der Waals surface area contributed by atoms with E-state index in [4.69, 9.17) is 14.0 Å². The molecule has 0 aliphatic carbocycles. The standard InChI is InChI=1S/C19H18N4O3S/c1-11-4-6-13-14(8-11)21-19(20-13)27-10-17-22-18(23-26-17)12-5-7-15(24-2)16(9-12)25-3/h4-9H,10H2,1-3H3,(H,20,21). The van der Waals surface area contributed by atoms with Gasteiger partial charge in [0.25, 0.3) is 0 Å². The van der Waals surface area contributed by atoms with Crippen LogP contribution in [0, 0.1) is 6.92 Å². The van der Waals surface area contributed by atoms with Crippen molar-refractivity contribution >= 4 is 22.8 Å². The Kier molecular flexibility index (Phi) is 4.72. The van der Waals surface area contributed by atoms with Crippen LogP contribution in [0.25, 0.3) is 22.4 Å². The molecule has 2 aromatic carbocycles. The van der Waals surface area contributed by atoms with Crippen LogP contribution in [-0.2, 0) is 5.75 Å². The number of nitrogens with one attached hydrogen (secondary N) is 1. The van der Waals surface area contributed by atoms with E-state index in [9.17, 15) is 0 Å². The van der Waals surface area contributed by atoms with Gasteiger partial charge >= 0.3 is 0 Å². The van der Waals surface area contributed by atoms with Gasteiger partial charge in [0.2, 0.25) is 11.7 Å². The SMILES string of the molecule is COc1ccc(-c2noc(CSc3nc4ccc(C)cc4[nH]3)n2)cc1OC. The number of aromatic amines is 1.